The molecule has 0 fully saturated rings. The zero-order chi connectivity index (χ0) is 9.97. The number of fused-ring (bicyclic) bond motifs is 1. The minimum atomic E-state index is -0.0544. The summed E-state index contributed by atoms with van der Waals surface area (Å²) < 4.78 is 0. The van der Waals surface area contributed by atoms with Crippen LogP contribution in [0.3, 0.4) is 0 Å². The smallest absolute Gasteiger partial charge is 0.182 e. The predicted molar refractivity (Wildman–Crippen MR) is 47.0 cm³/mol. The van der Waals surface area contributed by atoms with E-state index in [2.05, 4.69) is 9.98 Å². The first-order valence-corrected chi connectivity index (χ1v) is 3.92. The molecule has 0 saturated heterocycles. The molecular weight excluding hydrogens is 176 g/mol. The molecular formula is C10H4N4. The van der Waals surface area contributed by atoms with Crippen molar-refractivity contribution in [3.63, 3.8) is 0 Å². The van der Waals surface area contributed by atoms with Gasteiger partial charge in [0.05, 0.1) is 10.7 Å². The third kappa shape index (κ3) is 1.16. The Kier molecular flexibility index (Phi) is 1.82. The van der Waals surface area contributed by atoms with Gasteiger partial charge in [-0.2, -0.15) is 10.5 Å². The highest BCUT2D eigenvalue weighted by molar-refractivity contribution is 5.40. The van der Waals surface area contributed by atoms with Crippen molar-refractivity contribution in [2.75, 3.05) is 0 Å². The topological polar surface area (TPSA) is 72.3 Å². The molecule has 64 valence electrons. The number of hydrogen-bond donors (Lipinski definition) is 0. The summed E-state index contributed by atoms with van der Waals surface area (Å²) >= 11 is 0. The maximum Gasteiger partial charge on any atom is 0.182 e. The van der Waals surface area contributed by atoms with Crippen LogP contribution < -0.4 is 10.7 Å². The first-order valence-electron chi connectivity index (χ1n) is 3.92. The SMILES string of the molecule is N#CC(C#N)=C1N=c2ccccc2=N1. The maximum atomic E-state index is 8.62. The highest BCUT2D eigenvalue weighted by Gasteiger charge is 2.07. The molecule has 2 rings (SSSR count). The lowest BCUT2D eigenvalue weighted by Gasteiger charge is -1.83. The summed E-state index contributed by atoms with van der Waals surface area (Å²) in [5.74, 6) is 0.205. The average molecular weight is 180 g/mol. The van der Waals surface area contributed by atoms with Crippen molar-refractivity contribution in [1.82, 2.24) is 0 Å². The second-order valence-electron chi connectivity index (χ2n) is 2.63. The Morgan fingerprint density at radius 3 is 1.93 bits per heavy atom. The van der Waals surface area contributed by atoms with E-state index >= 15 is 0 Å². The lowest BCUT2D eigenvalue weighted by Crippen LogP contribution is -2.19. The largest absolute Gasteiger partial charge is 0.225 e. The minimum Gasteiger partial charge on any atom is -0.225 e. The van der Waals surface area contributed by atoms with Crippen molar-refractivity contribution in [2.45, 2.75) is 0 Å². The molecule has 4 nitrogen and oxygen atoms in total. The van der Waals surface area contributed by atoms with Gasteiger partial charge in [-0.25, -0.2) is 9.98 Å². The number of allylic oxidation sites excluding steroid dienone is 1. The molecule has 1 aromatic carbocycles. The average Bonchev–Trinajstić information content (AvgIpc) is 2.63. The van der Waals surface area contributed by atoms with Crippen LogP contribution in [0.15, 0.2) is 45.6 Å². The van der Waals surface area contributed by atoms with E-state index < -0.39 is 0 Å². The van der Waals surface area contributed by atoms with E-state index in [9.17, 15) is 0 Å². The fourth-order valence-corrected chi connectivity index (χ4v) is 1.14. The summed E-state index contributed by atoms with van der Waals surface area (Å²) in [6.07, 6.45) is 0. The Balaban J connectivity index is 2.74. The molecule has 0 N–H and O–H groups in total. The lowest BCUT2D eigenvalue weighted by atomic mass is 10.3. The maximum absolute atomic E-state index is 8.62. The third-order valence-electron chi connectivity index (χ3n) is 1.78. The molecule has 1 heterocycles. The van der Waals surface area contributed by atoms with Gasteiger partial charge in [0.1, 0.15) is 12.1 Å². The van der Waals surface area contributed by atoms with Crippen molar-refractivity contribution in [3.8, 4) is 12.1 Å². The summed E-state index contributed by atoms with van der Waals surface area (Å²) in [4.78, 5) is 8.12. The third-order valence-corrected chi connectivity index (χ3v) is 1.78. The molecule has 0 radical (unpaired) electrons. The molecule has 1 aromatic rings. The molecule has 0 aromatic heterocycles. The van der Waals surface area contributed by atoms with Crippen LogP contribution in [0.5, 0.6) is 0 Å². The Hall–Kier alpha value is -2.46. The van der Waals surface area contributed by atoms with Gasteiger partial charge in [-0.3, -0.25) is 0 Å². The number of hydrogen-bond acceptors (Lipinski definition) is 4. The molecule has 0 atom stereocenters. The Bertz CT molecular complexity index is 558. The number of rotatable bonds is 0. The lowest BCUT2D eigenvalue weighted by molar-refractivity contribution is 1.20. The van der Waals surface area contributed by atoms with Gasteiger partial charge in [0.25, 0.3) is 0 Å². The number of nitrogens with zero attached hydrogens (tertiary/aromatic N) is 4. The van der Waals surface area contributed by atoms with Gasteiger partial charge in [0, 0.05) is 0 Å². The molecule has 1 aliphatic heterocycles. The standard InChI is InChI=1S/C10H4N4/c11-5-7(6-12)10-13-8-3-1-2-4-9(8)14-10/h1-4H. The summed E-state index contributed by atoms with van der Waals surface area (Å²) in [6.45, 7) is 0. The number of benzene rings is 1. The van der Waals surface area contributed by atoms with E-state index in [1.165, 1.54) is 0 Å². The van der Waals surface area contributed by atoms with Gasteiger partial charge in [-0.1, -0.05) is 12.1 Å². The normalized spacial score (nSPS) is 11.7. The van der Waals surface area contributed by atoms with Gasteiger partial charge in [-0.05, 0) is 12.1 Å². The molecule has 0 unspecified atom stereocenters. The van der Waals surface area contributed by atoms with Crippen LogP contribution >= 0.6 is 0 Å². The summed E-state index contributed by atoms with van der Waals surface area (Å²) in [6, 6.07) is 10.8. The quantitative estimate of drug-likeness (QED) is 0.535. The van der Waals surface area contributed by atoms with E-state index in [1.54, 1.807) is 24.3 Å². The Morgan fingerprint density at radius 1 is 1.00 bits per heavy atom. The molecule has 0 spiro atoms. The molecule has 0 saturated carbocycles. The second kappa shape index (κ2) is 3.12. The summed E-state index contributed by atoms with van der Waals surface area (Å²) in [5.41, 5.74) is -0.0544. The monoisotopic (exact) mass is 180 g/mol. The summed E-state index contributed by atoms with van der Waals surface area (Å²) in [7, 11) is 0. The fraction of sp³-hybridized carbons (Fsp3) is 0. The minimum absolute atomic E-state index is 0.0544. The van der Waals surface area contributed by atoms with Crippen LogP contribution in [-0.4, -0.2) is 0 Å². The van der Waals surface area contributed by atoms with Gasteiger partial charge in [0.15, 0.2) is 11.4 Å². The predicted octanol–water partition coefficient (Wildman–Crippen LogP) is 0.198. The summed E-state index contributed by atoms with van der Waals surface area (Å²) in [5, 5.41) is 18.6. The van der Waals surface area contributed by atoms with Crippen molar-refractivity contribution >= 4 is 0 Å². The molecule has 0 amide bonds. The molecule has 4 heteroatoms. The molecule has 0 aliphatic carbocycles. The van der Waals surface area contributed by atoms with Crippen LogP contribution in [0.2, 0.25) is 0 Å². The van der Waals surface area contributed by atoms with E-state index in [4.69, 9.17) is 10.5 Å². The van der Waals surface area contributed by atoms with Crippen LogP contribution in [0.1, 0.15) is 0 Å². The molecule has 14 heavy (non-hydrogen) atoms. The van der Waals surface area contributed by atoms with Crippen LogP contribution in [0.25, 0.3) is 0 Å². The Labute approximate surface area is 79.8 Å². The zero-order valence-electron chi connectivity index (χ0n) is 7.10. The van der Waals surface area contributed by atoms with Crippen LogP contribution in [0.4, 0.5) is 0 Å². The van der Waals surface area contributed by atoms with Crippen molar-refractivity contribution < 1.29 is 0 Å². The Morgan fingerprint density at radius 2 is 1.50 bits per heavy atom. The van der Waals surface area contributed by atoms with Crippen LogP contribution in [0, 0.1) is 22.7 Å². The highest BCUT2D eigenvalue weighted by Crippen LogP contribution is 2.06. The molecule has 0 bridgehead atoms. The van der Waals surface area contributed by atoms with E-state index in [0.29, 0.717) is 10.7 Å². The van der Waals surface area contributed by atoms with Gasteiger partial charge in [-0.15, -0.1) is 0 Å². The van der Waals surface area contributed by atoms with E-state index in [1.807, 2.05) is 12.1 Å². The fourth-order valence-electron chi connectivity index (χ4n) is 1.14. The van der Waals surface area contributed by atoms with E-state index in [0.717, 1.165) is 0 Å². The van der Waals surface area contributed by atoms with Crippen molar-refractivity contribution in [2.24, 2.45) is 9.98 Å². The van der Waals surface area contributed by atoms with Crippen molar-refractivity contribution in [3.05, 3.63) is 46.4 Å². The zero-order valence-corrected chi connectivity index (χ0v) is 7.10. The number of nitriles is 2. The van der Waals surface area contributed by atoms with Crippen molar-refractivity contribution in [1.29, 1.82) is 10.5 Å². The molecule has 1 aliphatic rings. The van der Waals surface area contributed by atoms with Crippen LogP contribution in [-0.2, 0) is 0 Å². The number of para-hydroxylation sites is 2. The van der Waals surface area contributed by atoms with Gasteiger partial charge in [0.2, 0.25) is 0 Å². The van der Waals surface area contributed by atoms with E-state index in [-0.39, 0.29) is 11.4 Å². The van der Waals surface area contributed by atoms with Gasteiger partial charge < -0.3 is 0 Å². The second-order valence-corrected chi connectivity index (χ2v) is 2.63. The van der Waals surface area contributed by atoms with Gasteiger partial charge >= 0.3 is 0 Å². The first kappa shape index (κ1) is 8.15. The highest BCUT2D eigenvalue weighted by atomic mass is 15.0. The first-order chi connectivity index (χ1) is 6.85.